The number of ether oxygens (including phenoxy) is 2. The van der Waals surface area contributed by atoms with Gasteiger partial charge in [-0.3, -0.25) is 4.98 Å². The van der Waals surface area contributed by atoms with Crippen molar-refractivity contribution in [2.24, 2.45) is 0 Å². The highest BCUT2D eigenvalue weighted by atomic mass is 16.5. The van der Waals surface area contributed by atoms with E-state index >= 15 is 0 Å². The van der Waals surface area contributed by atoms with Crippen LogP contribution in [-0.4, -0.2) is 18.2 Å². The molecule has 0 saturated heterocycles. The average Bonchev–Trinajstić information content (AvgIpc) is 3.04. The number of unbranched alkanes of at least 4 members (excludes halogenated alkanes) is 16. The van der Waals surface area contributed by atoms with Crippen molar-refractivity contribution in [1.29, 1.82) is 0 Å². The molecular formula is C40H57NO2. The summed E-state index contributed by atoms with van der Waals surface area (Å²) in [6, 6.07) is 16.8. The molecule has 0 aliphatic rings. The number of pyridine rings is 1. The number of hydrogen-bond donors (Lipinski definition) is 0. The van der Waals surface area contributed by atoms with E-state index in [9.17, 15) is 0 Å². The molecule has 0 atom stereocenters. The van der Waals surface area contributed by atoms with E-state index < -0.39 is 0 Å². The number of fused-ring (bicyclic) bond motifs is 1. The van der Waals surface area contributed by atoms with Gasteiger partial charge < -0.3 is 9.47 Å². The molecular weight excluding hydrogens is 526 g/mol. The van der Waals surface area contributed by atoms with Gasteiger partial charge >= 0.3 is 0 Å². The molecule has 0 N–H and O–H groups in total. The minimum Gasteiger partial charge on any atom is -0.494 e. The molecule has 0 bridgehead atoms. The molecule has 0 fully saturated rings. The topological polar surface area (TPSA) is 31.4 Å². The predicted octanol–water partition coefficient (Wildman–Crippen LogP) is 12.4. The van der Waals surface area contributed by atoms with Gasteiger partial charge in [-0.25, -0.2) is 0 Å². The zero-order valence-corrected chi connectivity index (χ0v) is 27.0. The normalized spacial score (nSPS) is 11.4. The first-order valence-corrected chi connectivity index (χ1v) is 17.3. The van der Waals surface area contributed by atoms with Gasteiger partial charge in [0.25, 0.3) is 0 Å². The van der Waals surface area contributed by atoms with E-state index in [1.54, 1.807) is 0 Å². The zero-order chi connectivity index (χ0) is 30.2. The van der Waals surface area contributed by atoms with Crippen molar-refractivity contribution in [3.63, 3.8) is 0 Å². The van der Waals surface area contributed by atoms with Crippen LogP contribution in [0.5, 0.6) is 11.5 Å². The van der Waals surface area contributed by atoms with Crippen LogP contribution in [0.2, 0.25) is 0 Å². The van der Waals surface area contributed by atoms with Crippen LogP contribution in [0.25, 0.3) is 23.1 Å². The third-order valence-corrected chi connectivity index (χ3v) is 8.11. The van der Waals surface area contributed by atoms with Crippen molar-refractivity contribution in [3.05, 3.63) is 78.5 Å². The van der Waals surface area contributed by atoms with Gasteiger partial charge in [-0.05, 0) is 67.1 Å². The number of aromatic nitrogens is 1. The van der Waals surface area contributed by atoms with E-state index in [0.717, 1.165) is 66.0 Å². The highest BCUT2D eigenvalue weighted by Gasteiger charge is 2.01. The molecule has 3 rings (SSSR count). The number of allylic oxidation sites excluding steroid dienone is 1. The van der Waals surface area contributed by atoms with Crippen LogP contribution in [0, 0.1) is 0 Å². The highest BCUT2D eigenvalue weighted by Crippen LogP contribution is 2.22. The second-order valence-electron chi connectivity index (χ2n) is 12.0. The van der Waals surface area contributed by atoms with Gasteiger partial charge in [0, 0.05) is 17.6 Å². The molecule has 1 aromatic heterocycles. The van der Waals surface area contributed by atoms with E-state index in [2.05, 4.69) is 74.2 Å². The predicted molar refractivity (Wildman–Crippen MR) is 187 cm³/mol. The Hall–Kier alpha value is -3.07. The van der Waals surface area contributed by atoms with Crippen LogP contribution in [0.4, 0.5) is 0 Å². The molecule has 0 aliphatic heterocycles. The lowest BCUT2D eigenvalue weighted by Gasteiger charge is -2.08. The van der Waals surface area contributed by atoms with Gasteiger partial charge in [-0.2, -0.15) is 0 Å². The first-order chi connectivity index (χ1) is 21.3. The summed E-state index contributed by atoms with van der Waals surface area (Å²) >= 11 is 0. The number of hydrogen-bond acceptors (Lipinski definition) is 3. The van der Waals surface area contributed by atoms with Crippen LogP contribution < -0.4 is 9.47 Å². The maximum absolute atomic E-state index is 6.01. The van der Waals surface area contributed by atoms with Crippen LogP contribution in [0.15, 0.2) is 67.4 Å². The lowest BCUT2D eigenvalue weighted by Crippen LogP contribution is -1.97. The lowest BCUT2D eigenvalue weighted by atomic mass is 10.1. The quantitative estimate of drug-likeness (QED) is 0.0734. The zero-order valence-electron chi connectivity index (χ0n) is 27.0. The molecule has 3 heteroatoms. The van der Waals surface area contributed by atoms with Crippen molar-refractivity contribution in [1.82, 2.24) is 4.98 Å². The van der Waals surface area contributed by atoms with Crippen molar-refractivity contribution in [2.45, 2.75) is 122 Å². The van der Waals surface area contributed by atoms with E-state index in [-0.39, 0.29) is 0 Å². The number of nitrogens with zero attached hydrogens (tertiary/aromatic N) is 1. The third-order valence-electron chi connectivity index (χ3n) is 8.11. The summed E-state index contributed by atoms with van der Waals surface area (Å²) in [6.45, 7) is 7.64. The van der Waals surface area contributed by atoms with Crippen molar-refractivity contribution in [3.8, 4) is 11.5 Å². The molecule has 0 aliphatic carbocycles. The summed E-state index contributed by atoms with van der Waals surface area (Å²) in [7, 11) is 0. The Morgan fingerprint density at radius 3 is 1.74 bits per heavy atom. The van der Waals surface area contributed by atoms with Crippen LogP contribution in [0.3, 0.4) is 0 Å². The SMILES string of the molecule is C=CCCCCCCCCCOc1ccc2cc(/C=C/c3ccc(OCCCCCCCCCCCC)cc3)cnc2c1. The molecule has 3 nitrogen and oxygen atoms in total. The third kappa shape index (κ3) is 15.3. The standard InChI is InChI=1S/C40H57NO2/c1-3-5-7-9-11-13-15-17-18-20-30-42-38-27-24-35(25-28-38)22-23-36-32-37-26-29-39(33-40(37)41-34-36)43-31-21-19-16-14-12-10-8-6-4-2/h4,22-29,32-34H,2-3,5-21,30-31H2,1H3/b23-22+. The first-order valence-electron chi connectivity index (χ1n) is 17.3. The minimum absolute atomic E-state index is 0.770. The molecule has 1 heterocycles. The summed E-state index contributed by atoms with van der Waals surface area (Å²) in [5.74, 6) is 1.86. The molecule has 43 heavy (non-hydrogen) atoms. The smallest absolute Gasteiger partial charge is 0.121 e. The summed E-state index contributed by atoms with van der Waals surface area (Å²) in [4.78, 5) is 4.69. The van der Waals surface area contributed by atoms with E-state index in [0.29, 0.717) is 0 Å². The second-order valence-corrected chi connectivity index (χ2v) is 12.0. The lowest BCUT2D eigenvalue weighted by molar-refractivity contribution is 0.304. The average molecular weight is 584 g/mol. The van der Waals surface area contributed by atoms with Crippen molar-refractivity contribution in [2.75, 3.05) is 13.2 Å². The molecule has 2 aromatic carbocycles. The van der Waals surface area contributed by atoms with Crippen LogP contribution >= 0.6 is 0 Å². The summed E-state index contributed by atoms with van der Waals surface area (Å²) < 4.78 is 12.0. The van der Waals surface area contributed by atoms with Gasteiger partial charge in [-0.1, -0.05) is 127 Å². The number of benzene rings is 2. The summed E-state index contributed by atoms with van der Waals surface area (Å²) in [5, 5.41) is 1.13. The molecule has 3 aromatic rings. The van der Waals surface area contributed by atoms with Crippen LogP contribution in [-0.2, 0) is 0 Å². The molecule has 234 valence electrons. The van der Waals surface area contributed by atoms with E-state index in [1.807, 2.05) is 12.3 Å². The molecule has 0 saturated carbocycles. The summed E-state index contributed by atoms with van der Waals surface area (Å²) in [5.41, 5.74) is 3.22. The first kappa shape index (κ1) is 34.4. The van der Waals surface area contributed by atoms with Gasteiger partial charge in [0.1, 0.15) is 11.5 Å². The largest absolute Gasteiger partial charge is 0.494 e. The van der Waals surface area contributed by atoms with Gasteiger partial charge in [0.05, 0.1) is 18.7 Å². The maximum atomic E-state index is 6.01. The van der Waals surface area contributed by atoms with Crippen LogP contribution in [0.1, 0.15) is 134 Å². The number of rotatable bonds is 25. The Kier molecular flexibility index (Phi) is 18.0. The Morgan fingerprint density at radius 2 is 1.12 bits per heavy atom. The fourth-order valence-electron chi connectivity index (χ4n) is 5.41. The Labute approximate surface area is 262 Å². The van der Waals surface area contributed by atoms with Gasteiger partial charge in [0.15, 0.2) is 0 Å². The summed E-state index contributed by atoms with van der Waals surface area (Å²) in [6.07, 6.45) is 31.7. The second kappa shape index (κ2) is 22.5. The van der Waals surface area contributed by atoms with Gasteiger partial charge in [-0.15, -0.1) is 6.58 Å². The fourth-order valence-corrected chi connectivity index (χ4v) is 5.41. The Bertz CT molecular complexity index is 1170. The highest BCUT2D eigenvalue weighted by molar-refractivity contribution is 5.83. The Morgan fingerprint density at radius 1 is 0.581 bits per heavy atom. The van der Waals surface area contributed by atoms with Crippen molar-refractivity contribution < 1.29 is 9.47 Å². The monoisotopic (exact) mass is 583 g/mol. The van der Waals surface area contributed by atoms with Crippen molar-refractivity contribution >= 4 is 23.1 Å². The Balaban J connectivity index is 1.30. The molecule has 0 unspecified atom stereocenters. The van der Waals surface area contributed by atoms with Gasteiger partial charge in [0.2, 0.25) is 0 Å². The molecule has 0 spiro atoms. The fraction of sp³-hybridized carbons (Fsp3) is 0.525. The molecule has 0 radical (unpaired) electrons. The van der Waals surface area contributed by atoms with E-state index in [1.165, 1.54) is 96.3 Å². The molecule has 0 amide bonds. The minimum atomic E-state index is 0.770. The maximum Gasteiger partial charge on any atom is 0.121 e. The van der Waals surface area contributed by atoms with E-state index in [4.69, 9.17) is 14.5 Å².